The fraction of sp³-hybridized carbons (Fsp3) is 0.200. The number of methoxy groups -OCH3 is 1. The van der Waals surface area contributed by atoms with Crippen LogP contribution in [0.25, 0.3) is 0 Å². The Labute approximate surface area is 134 Å². The Bertz CT molecular complexity index is 862. The van der Waals surface area contributed by atoms with Gasteiger partial charge in [0.1, 0.15) is 5.75 Å². The van der Waals surface area contributed by atoms with E-state index < -0.39 is 25.5 Å². The summed E-state index contributed by atoms with van der Waals surface area (Å²) in [7, 11) is -2.75. The first kappa shape index (κ1) is 16.8. The third-order valence-corrected chi connectivity index (χ3v) is 4.70. The van der Waals surface area contributed by atoms with Crippen molar-refractivity contribution in [2.45, 2.75) is 18.7 Å². The van der Waals surface area contributed by atoms with Crippen LogP contribution in [-0.4, -0.2) is 20.5 Å². The molecule has 8 heteroatoms. The maximum atomic E-state index is 12.5. The number of nitrogens with one attached hydrogen (secondary N) is 1. The highest BCUT2D eigenvalue weighted by atomic mass is 32.2. The molecule has 0 spiro atoms. The Morgan fingerprint density at radius 1 is 1.13 bits per heavy atom. The summed E-state index contributed by atoms with van der Waals surface area (Å²) in [6.45, 7) is 3.58. The second-order valence-corrected chi connectivity index (χ2v) is 6.67. The lowest BCUT2D eigenvalue weighted by Gasteiger charge is -2.12. The summed E-state index contributed by atoms with van der Waals surface area (Å²) < 4.78 is 32.4. The molecule has 0 saturated carbocycles. The van der Waals surface area contributed by atoms with Gasteiger partial charge in [-0.1, -0.05) is 12.1 Å². The predicted octanol–water partition coefficient (Wildman–Crippen LogP) is 3.02. The predicted molar refractivity (Wildman–Crippen MR) is 86.4 cm³/mol. The summed E-state index contributed by atoms with van der Waals surface area (Å²) in [5.41, 5.74) is 1.44. The zero-order valence-corrected chi connectivity index (χ0v) is 13.7. The number of hydrogen-bond donors (Lipinski definition) is 1. The smallest absolute Gasteiger partial charge is 0.293 e. The van der Waals surface area contributed by atoms with Crippen molar-refractivity contribution in [3.8, 4) is 5.75 Å². The minimum absolute atomic E-state index is 0.211. The maximum absolute atomic E-state index is 12.5. The van der Waals surface area contributed by atoms with E-state index in [2.05, 4.69) is 4.72 Å². The van der Waals surface area contributed by atoms with Crippen LogP contribution in [-0.2, 0) is 10.0 Å². The summed E-state index contributed by atoms with van der Waals surface area (Å²) in [6, 6.07) is 8.90. The summed E-state index contributed by atoms with van der Waals surface area (Å²) >= 11 is 0. The van der Waals surface area contributed by atoms with Crippen molar-refractivity contribution >= 4 is 21.4 Å². The molecular formula is C15H16N2O5S. The number of nitro benzene ring substituents is 1. The molecule has 2 rings (SSSR count). The molecule has 0 unspecified atom stereocenters. The van der Waals surface area contributed by atoms with Crippen molar-refractivity contribution in [1.29, 1.82) is 0 Å². The van der Waals surface area contributed by atoms with E-state index in [1.54, 1.807) is 19.1 Å². The number of anilines is 1. The number of aryl methyl sites for hydroxylation is 2. The number of sulfonamides is 1. The molecule has 122 valence electrons. The van der Waals surface area contributed by atoms with E-state index in [4.69, 9.17) is 4.74 Å². The monoisotopic (exact) mass is 336 g/mol. The Balaban J connectivity index is 2.51. The fourth-order valence-corrected chi connectivity index (χ4v) is 3.31. The maximum Gasteiger partial charge on any atom is 0.293 e. The molecule has 0 aliphatic heterocycles. The van der Waals surface area contributed by atoms with Crippen LogP contribution in [0.4, 0.5) is 11.4 Å². The van der Waals surface area contributed by atoms with Gasteiger partial charge < -0.3 is 4.74 Å². The van der Waals surface area contributed by atoms with Crippen molar-refractivity contribution in [3.63, 3.8) is 0 Å². The molecule has 7 nitrogen and oxygen atoms in total. The minimum Gasteiger partial charge on any atom is -0.497 e. The largest absolute Gasteiger partial charge is 0.497 e. The first-order valence-electron chi connectivity index (χ1n) is 6.67. The van der Waals surface area contributed by atoms with Crippen LogP contribution in [0.15, 0.2) is 41.3 Å². The summed E-state index contributed by atoms with van der Waals surface area (Å²) in [4.78, 5) is 10.0. The number of ether oxygens (including phenoxy) is 1. The van der Waals surface area contributed by atoms with E-state index in [-0.39, 0.29) is 5.75 Å². The second-order valence-electron chi connectivity index (χ2n) is 5.01. The van der Waals surface area contributed by atoms with Crippen molar-refractivity contribution in [3.05, 3.63) is 57.6 Å². The van der Waals surface area contributed by atoms with Crippen molar-refractivity contribution in [2.75, 3.05) is 11.8 Å². The van der Waals surface area contributed by atoms with Crippen molar-refractivity contribution in [1.82, 2.24) is 0 Å². The Kier molecular flexibility index (Phi) is 4.55. The van der Waals surface area contributed by atoms with Gasteiger partial charge in [0.2, 0.25) is 0 Å². The molecule has 0 bridgehead atoms. The van der Waals surface area contributed by atoms with Gasteiger partial charge in [0.15, 0.2) is 4.90 Å². The molecule has 0 aromatic heterocycles. The van der Waals surface area contributed by atoms with Gasteiger partial charge >= 0.3 is 0 Å². The van der Waals surface area contributed by atoms with Gasteiger partial charge in [-0.15, -0.1) is 0 Å². The van der Waals surface area contributed by atoms with Crippen molar-refractivity contribution in [2.24, 2.45) is 0 Å². The molecule has 2 aromatic carbocycles. The molecule has 23 heavy (non-hydrogen) atoms. The van der Waals surface area contributed by atoms with Gasteiger partial charge in [0, 0.05) is 0 Å². The molecule has 0 radical (unpaired) electrons. The standard InChI is InChI=1S/C15H16N2O5S/c1-10-4-5-11(2)13(8-10)16-23(20,21)15-7-6-12(22-3)9-14(15)17(18)19/h4-9,16H,1-3H3. The molecule has 0 amide bonds. The van der Waals surface area contributed by atoms with Gasteiger partial charge in [0.25, 0.3) is 15.7 Å². The molecule has 0 atom stereocenters. The number of rotatable bonds is 5. The van der Waals surface area contributed by atoms with Gasteiger partial charge in [-0.25, -0.2) is 8.42 Å². The summed E-state index contributed by atoms with van der Waals surface area (Å²) in [6.07, 6.45) is 0. The average molecular weight is 336 g/mol. The minimum atomic E-state index is -4.10. The van der Waals surface area contributed by atoms with E-state index in [1.807, 2.05) is 13.0 Å². The highest BCUT2D eigenvalue weighted by molar-refractivity contribution is 7.92. The first-order chi connectivity index (χ1) is 10.7. The summed E-state index contributed by atoms with van der Waals surface area (Å²) in [5, 5.41) is 11.2. The molecular weight excluding hydrogens is 320 g/mol. The molecule has 1 N–H and O–H groups in total. The van der Waals surface area contributed by atoms with Crippen LogP contribution in [0.5, 0.6) is 5.75 Å². The lowest BCUT2D eigenvalue weighted by molar-refractivity contribution is -0.387. The number of nitro groups is 1. The Morgan fingerprint density at radius 2 is 1.83 bits per heavy atom. The number of nitrogens with zero attached hydrogens (tertiary/aromatic N) is 1. The lowest BCUT2D eigenvalue weighted by atomic mass is 10.1. The zero-order chi connectivity index (χ0) is 17.2. The van der Waals surface area contributed by atoms with Gasteiger partial charge in [-0.3, -0.25) is 14.8 Å². The van der Waals surface area contributed by atoms with Gasteiger partial charge in [-0.05, 0) is 43.2 Å². The van der Waals surface area contributed by atoms with E-state index in [0.29, 0.717) is 5.69 Å². The quantitative estimate of drug-likeness (QED) is 0.668. The van der Waals surface area contributed by atoms with Crippen LogP contribution >= 0.6 is 0 Å². The van der Waals surface area contributed by atoms with E-state index in [1.165, 1.54) is 13.2 Å². The number of hydrogen-bond acceptors (Lipinski definition) is 5. The van der Waals surface area contributed by atoms with Crippen molar-refractivity contribution < 1.29 is 18.1 Å². The molecule has 0 aliphatic rings. The SMILES string of the molecule is COc1ccc(S(=O)(=O)Nc2cc(C)ccc2C)c([N+](=O)[O-])c1. The third kappa shape index (κ3) is 3.59. The molecule has 2 aromatic rings. The highest BCUT2D eigenvalue weighted by Gasteiger charge is 2.27. The molecule has 0 saturated heterocycles. The summed E-state index contributed by atoms with van der Waals surface area (Å²) in [5.74, 6) is 0.211. The van der Waals surface area contributed by atoms with Crippen LogP contribution in [0.2, 0.25) is 0 Å². The highest BCUT2D eigenvalue weighted by Crippen LogP contribution is 2.30. The van der Waals surface area contributed by atoms with Gasteiger partial charge in [-0.2, -0.15) is 0 Å². The van der Waals surface area contributed by atoms with Crippen LogP contribution < -0.4 is 9.46 Å². The van der Waals surface area contributed by atoms with Crippen LogP contribution in [0.1, 0.15) is 11.1 Å². The molecule has 0 heterocycles. The zero-order valence-electron chi connectivity index (χ0n) is 12.9. The molecule has 0 aliphatic carbocycles. The van der Waals surface area contributed by atoms with E-state index >= 15 is 0 Å². The third-order valence-electron chi connectivity index (χ3n) is 3.29. The Morgan fingerprint density at radius 3 is 2.43 bits per heavy atom. The van der Waals surface area contributed by atoms with E-state index in [9.17, 15) is 18.5 Å². The normalized spacial score (nSPS) is 11.1. The first-order valence-corrected chi connectivity index (χ1v) is 8.15. The van der Waals surface area contributed by atoms with E-state index in [0.717, 1.165) is 23.3 Å². The fourth-order valence-electron chi connectivity index (χ4n) is 2.04. The number of benzene rings is 2. The second kappa shape index (κ2) is 6.25. The molecule has 0 fully saturated rings. The lowest BCUT2D eigenvalue weighted by Crippen LogP contribution is -2.15. The van der Waals surface area contributed by atoms with Crippen LogP contribution in [0.3, 0.4) is 0 Å². The average Bonchev–Trinajstić information content (AvgIpc) is 2.50. The van der Waals surface area contributed by atoms with Gasteiger partial charge in [0.05, 0.1) is 23.8 Å². The topological polar surface area (TPSA) is 98.5 Å². The van der Waals surface area contributed by atoms with Crippen LogP contribution in [0, 0.1) is 24.0 Å². The Hall–Kier alpha value is -2.61.